The Labute approximate surface area is 122 Å². The van der Waals surface area contributed by atoms with Crippen molar-refractivity contribution < 1.29 is 25.8 Å². The van der Waals surface area contributed by atoms with Crippen molar-refractivity contribution in [3.8, 4) is 0 Å². The van der Waals surface area contributed by atoms with Gasteiger partial charge in [-0.25, -0.2) is 12.2 Å². The summed E-state index contributed by atoms with van der Waals surface area (Å²) < 4.78 is 0. The first kappa shape index (κ1) is 29.9. The summed E-state index contributed by atoms with van der Waals surface area (Å²) in [6, 6.07) is 0. The summed E-state index contributed by atoms with van der Waals surface area (Å²) in [4.78, 5) is 0. The second kappa shape index (κ2) is 45.5. The van der Waals surface area contributed by atoms with Crippen LogP contribution < -0.4 is 0 Å². The van der Waals surface area contributed by atoms with E-state index in [1.807, 2.05) is 12.2 Å². The fourth-order valence-electron chi connectivity index (χ4n) is 0.340. The topological polar surface area (TPSA) is 42.3 Å². The fourth-order valence-corrected chi connectivity index (χ4v) is 0.340. The second-order valence-corrected chi connectivity index (χ2v) is 2.34. The Morgan fingerprint density at radius 1 is 0.875 bits per heavy atom. The van der Waals surface area contributed by atoms with E-state index in [0.717, 1.165) is 6.42 Å². The molecule has 3 nitrogen and oxygen atoms in total. The Morgan fingerprint density at radius 3 is 1.25 bits per heavy atom. The molecule has 0 aromatic carbocycles. The van der Waals surface area contributed by atoms with Crippen LogP contribution in [-0.4, -0.2) is 42.3 Å². The first-order valence-electron chi connectivity index (χ1n) is 4.40. The molecule has 0 aromatic heterocycles. The molecule has 0 aromatic rings. The summed E-state index contributed by atoms with van der Waals surface area (Å²) in [5.41, 5.74) is 0. The maximum Gasteiger partial charge on any atom is 0 e. The van der Waals surface area contributed by atoms with Crippen LogP contribution in [0.25, 0.3) is 16.0 Å². The van der Waals surface area contributed by atoms with Crippen LogP contribution in [0.3, 0.4) is 0 Å². The van der Waals surface area contributed by atoms with E-state index < -0.39 is 0 Å². The van der Waals surface area contributed by atoms with E-state index in [1.54, 1.807) is 42.3 Å². The number of hydrogen-bond acceptors (Lipinski definition) is 0. The van der Waals surface area contributed by atoms with Crippen LogP contribution in [0.5, 0.6) is 0 Å². The molecular weight excluding hydrogens is 365 g/mol. The molecule has 0 fully saturated rings. The molecular formula is C12H26HfN3-5. The van der Waals surface area contributed by atoms with E-state index in [-0.39, 0.29) is 33.3 Å². The third kappa shape index (κ3) is 91.1. The van der Waals surface area contributed by atoms with E-state index in [2.05, 4.69) is 28.1 Å². The minimum absolute atomic E-state index is 0. The molecule has 4 heteroatoms. The van der Waals surface area contributed by atoms with Gasteiger partial charge >= 0.3 is 0 Å². The third-order valence-electron chi connectivity index (χ3n) is 0.586. The molecule has 0 heterocycles. The first-order valence-corrected chi connectivity index (χ1v) is 4.40. The zero-order valence-electron chi connectivity index (χ0n) is 11.8. The van der Waals surface area contributed by atoms with Crippen LogP contribution >= 0.6 is 0 Å². The zero-order valence-corrected chi connectivity index (χ0v) is 15.4. The third-order valence-corrected chi connectivity index (χ3v) is 0.586. The SMILES string of the molecule is C[N-]C.C[N-]C.C[N-]C.[C-]1=CC=CC1.[CH3-].[Hf]. The summed E-state index contributed by atoms with van der Waals surface area (Å²) in [5, 5.41) is 10.5. The van der Waals surface area contributed by atoms with Gasteiger partial charge in [-0.2, -0.15) is 48.4 Å². The normalized spacial score (nSPS) is 8.88. The molecule has 0 atom stereocenters. The number of hydrogen-bond donors (Lipinski definition) is 0. The summed E-state index contributed by atoms with van der Waals surface area (Å²) in [6.45, 7) is 0. The van der Waals surface area contributed by atoms with Gasteiger partial charge in [-0.3, -0.25) is 6.08 Å². The Kier molecular flexibility index (Phi) is 84.9. The molecule has 1 aliphatic rings. The van der Waals surface area contributed by atoms with Gasteiger partial charge in [-0.15, -0.1) is 6.42 Å². The molecule has 98 valence electrons. The smallest absolute Gasteiger partial charge is 0 e. The molecule has 0 saturated carbocycles. The van der Waals surface area contributed by atoms with Crippen LogP contribution in [0.1, 0.15) is 6.42 Å². The van der Waals surface area contributed by atoms with Gasteiger partial charge in [0.2, 0.25) is 0 Å². The van der Waals surface area contributed by atoms with Crippen molar-refractivity contribution in [1.29, 1.82) is 0 Å². The van der Waals surface area contributed by atoms with E-state index in [1.165, 1.54) is 0 Å². The van der Waals surface area contributed by atoms with E-state index >= 15 is 0 Å². The summed E-state index contributed by atoms with van der Waals surface area (Å²) in [6.07, 6.45) is 10.0. The standard InChI is InChI=1S/C5H5.3C2H6N.CH3.Hf/c1-2-4-5-3-1;3*1-3-2;;/h1-3H,4H2;3*1-2H3;1H3;/q5*-1;. The van der Waals surface area contributed by atoms with Crippen molar-refractivity contribution in [3.05, 3.63) is 47.7 Å². The predicted molar refractivity (Wildman–Crippen MR) is 73.6 cm³/mol. The second-order valence-electron chi connectivity index (χ2n) is 2.34. The first-order chi connectivity index (χ1) is 6.74. The minimum atomic E-state index is 0. The quantitative estimate of drug-likeness (QED) is 0.448. The van der Waals surface area contributed by atoms with Crippen molar-refractivity contribution in [1.82, 2.24) is 0 Å². The molecule has 1 aliphatic carbocycles. The van der Waals surface area contributed by atoms with Gasteiger partial charge in [0, 0.05) is 25.8 Å². The van der Waals surface area contributed by atoms with E-state index in [4.69, 9.17) is 0 Å². The average molecular weight is 391 g/mol. The van der Waals surface area contributed by atoms with Crippen molar-refractivity contribution in [2.24, 2.45) is 0 Å². The molecule has 0 radical (unpaired) electrons. The molecule has 0 amide bonds. The van der Waals surface area contributed by atoms with E-state index in [9.17, 15) is 0 Å². The van der Waals surface area contributed by atoms with Crippen molar-refractivity contribution in [2.45, 2.75) is 6.42 Å². The zero-order chi connectivity index (χ0) is 11.7. The number of rotatable bonds is 0. The van der Waals surface area contributed by atoms with Crippen molar-refractivity contribution in [3.63, 3.8) is 0 Å². The Bertz CT molecular complexity index is 100. The van der Waals surface area contributed by atoms with Crippen molar-refractivity contribution in [2.75, 3.05) is 42.3 Å². The Morgan fingerprint density at radius 2 is 1.19 bits per heavy atom. The molecule has 16 heavy (non-hydrogen) atoms. The predicted octanol–water partition coefficient (Wildman–Crippen LogP) is 3.61. The molecule has 0 N–H and O–H groups in total. The maximum absolute atomic E-state index is 3.50. The average Bonchev–Trinajstić information content (AvgIpc) is 2.63. The largest absolute Gasteiger partial charge is 0.668 e. The molecule has 1 rings (SSSR count). The van der Waals surface area contributed by atoms with Gasteiger partial charge < -0.3 is 23.4 Å². The van der Waals surface area contributed by atoms with Crippen molar-refractivity contribution >= 4 is 0 Å². The monoisotopic (exact) mass is 392 g/mol. The van der Waals surface area contributed by atoms with Gasteiger partial charge in [0.1, 0.15) is 0 Å². The Hall–Kier alpha value is 0.230. The van der Waals surface area contributed by atoms with Gasteiger partial charge in [0.25, 0.3) is 0 Å². The number of allylic oxidation sites excluding steroid dienone is 4. The van der Waals surface area contributed by atoms with E-state index in [0.29, 0.717) is 0 Å². The van der Waals surface area contributed by atoms with Gasteiger partial charge in [0.05, 0.1) is 0 Å². The summed E-state index contributed by atoms with van der Waals surface area (Å²) in [7, 11) is 10.5. The van der Waals surface area contributed by atoms with Gasteiger partial charge in [-0.05, 0) is 0 Å². The molecule has 0 bridgehead atoms. The maximum atomic E-state index is 3.50. The molecule has 0 spiro atoms. The van der Waals surface area contributed by atoms with Crippen LogP contribution in [0.4, 0.5) is 0 Å². The van der Waals surface area contributed by atoms with Crippen LogP contribution in [0.2, 0.25) is 0 Å². The van der Waals surface area contributed by atoms with Crippen LogP contribution in [-0.2, 0) is 25.8 Å². The van der Waals surface area contributed by atoms with Gasteiger partial charge in [-0.1, -0.05) is 0 Å². The molecule has 0 saturated heterocycles. The van der Waals surface area contributed by atoms with Crippen LogP contribution in [0, 0.1) is 13.5 Å². The molecule has 0 aliphatic heterocycles. The summed E-state index contributed by atoms with van der Waals surface area (Å²) >= 11 is 0. The molecule has 0 unspecified atom stereocenters. The van der Waals surface area contributed by atoms with Gasteiger partial charge in [0.15, 0.2) is 0 Å². The Balaban J connectivity index is -0.0000000336. The summed E-state index contributed by atoms with van der Waals surface area (Å²) in [5.74, 6) is 0. The van der Waals surface area contributed by atoms with Crippen LogP contribution in [0.15, 0.2) is 18.2 Å². The fraction of sp³-hybridized carbons (Fsp3) is 0.583. The number of nitrogens with zero attached hydrogens (tertiary/aromatic N) is 3. The minimum Gasteiger partial charge on any atom is -0.668 e.